The van der Waals surface area contributed by atoms with Crippen molar-refractivity contribution in [3.8, 4) is 0 Å². The first-order valence-corrected chi connectivity index (χ1v) is 13.9. The molecule has 208 valence electrons. The highest BCUT2D eigenvalue weighted by Crippen LogP contribution is 2.33. The molecule has 1 saturated heterocycles. The Labute approximate surface area is 228 Å². The summed E-state index contributed by atoms with van der Waals surface area (Å²) in [7, 11) is 0. The number of carbonyl (C=O) groups is 2. The Balaban J connectivity index is 1.87. The molecule has 0 radical (unpaired) electrons. The molecule has 1 unspecified atom stereocenters. The minimum absolute atomic E-state index is 0.174. The molecule has 0 bridgehead atoms. The lowest BCUT2D eigenvalue weighted by Crippen LogP contribution is -2.55. The van der Waals surface area contributed by atoms with Crippen LogP contribution in [0.2, 0.25) is 0 Å². The monoisotopic (exact) mass is 523 g/mol. The van der Waals surface area contributed by atoms with Gasteiger partial charge in [0.05, 0.1) is 6.04 Å². The molecule has 1 aliphatic heterocycles. The number of ether oxygens (including phenoxy) is 2. The molecule has 7 heteroatoms. The van der Waals surface area contributed by atoms with Crippen LogP contribution in [0.3, 0.4) is 0 Å². The zero-order valence-corrected chi connectivity index (χ0v) is 23.6. The van der Waals surface area contributed by atoms with Gasteiger partial charge in [-0.1, -0.05) is 87.4 Å². The fraction of sp³-hybridized carbons (Fsp3) is 0.548. The van der Waals surface area contributed by atoms with Crippen molar-refractivity contribution >= 4 is 12.1 Å². The standard InChI is InChI=1S/C31H45N3O4/c1-6-22(7-2)18-25(32)28-26(33-30(36)37-21-24-16-12-9-13-17-24)19-27(29(35)38-31(3,4)5)34(28)20-23-14-10-8-11-15-23/h8-17,22,25-28H,6-7,18-21,32H2,1-5H3,(H,33,36)/t25?,26-,27-,28+/m1/s1. The van der Waals surface area contributed by atoms with Crippen molar-refractivity contribution in [2.24, 2.45) is 11.7 Å². The quantitative estimate of drug-likeness (QED) is 0.382. The van der Waals surface area contributed by atoms with Crippen LogP contribution in [0.4, 0.5) is 4.79 Å². The van der Waals surface area contributed by atoms with Gasteiger partial charge in [0.1, 0.15) is 18.2 Å². The van der Waals surface area contributed by atoms with Gasteiger partial charge in [-0.05, 0) is 50.7 Å². The molecule has 7 nitrogen and oxygen atoms in total. The topological polar surface area (TPSA) is 93.9 Å². The Hall–Kier alpha value is -2.90. The highest BCUT2D eigenvalue weighted by Gasteiger charge is 2.49. The molecular weight excluding hydrogens is 478 g/mol. The van der Waals surface area contributed by atoms with E-state index in [4.69, 9.17) is 15.2 Å². The zero-order valence-electron chi connectivity index (χ0n) is 23.6. The first-order valence-electron chi connectivity index (χ1n) is 13.9. The molecule has 0 spiro atoms. The number of rotatable bonds is 11. The molecule has 0 aromatic heterocycles. The average molecular weight is 524 g/mol. The fourth-order valence-corrected chi connectivity index (χ4v) is 5.32. The van der Waals surface area contributed by atoms with Gasteiger partial charge in [0, 0.05) is 18.6 Å². The van der Waals surface area contributed by atoms with E-state index >= 15 is 0 Å². The van der Waals surface area contributed by atoms with Crippen LogP contribution in [0.15, 0.2) is 60.7 Å². The number of nitrogens with two attached hydrogens (primary N) is 1. The Morgan fingerprint density at radius 2 is 1.58 bits per heavy atom. The SMILES string of the molecule is CCC(CC)CC(N)[C@H]1[C@H](NC(=O)OCc2ccccc2)C[C@H](C(=O)OC(C)(C)C)N1Cc1ccccc1. The first-order chi connectivity index (χ1) is 18.1. The number of nitrogens with zero attached hydrogens (tertiary/aromatic N) is 1. The van der Waals surface area contributed by atoms with Gasteiger partial charge in [-0.25, -0.2) is 4.79 Å². The average Bonchev–Trinajstić information content (AvgIpc) is 3.23. The van der Waals surface area contributed by atoms with Crippen molar-refractivity contribution in [3.05, 3.63) is 71.8 Å². The molecule has 3 N–H and O–H groups in total. The van der Waals surface area contributed by atoms with Gasteiger partial charge in [0.15, 0.2) is 0 Å². The second-order valence-electron chi connectivity index (χ2n) is 11.3. The van der Waals surface area contributed by atoms with Crippen molar-refractivity contribution in [2.45, 2.75) is 103 Å². The Kier molecular flexibility index (Phi) is 10.7. The maximum atomic E-state index is 13.5. The third kappa shape index (κ3) is 8.57. The van der Waals surface area contributed by atoms with E-state index in [2.05, 4.69) is 24.1 Å². The third-order valence-corrected chi connectivity index (χ3v) is 7.27. The number of alkyl carbamates (subject to hydrolysis) is 1. The van der Waals surface area contributed by atoms with Gasteiger partial charge in [0.2, 0.25) is 0 Å². The summed E-state index contributed by atoms with van der Waals surface area (Å²) in [4.78, 5) is 28.5. The van der Waals surface area contributed by atoms with E-state index in [-0.39, 0.29) is 30.7 Å². The summed E-state index contributed by atoms with van der Waals surface area (Å²) >= 11 is 0. The molecule has 1 amide bonds. The summed E-state index contributed by atoms with van der Waals surface area (Å²) in [6, 6.07) is 18.2. The van der Waals surface area contributed by atoms with Crippen molar-refractivity contribution in [2.75, 3.05) is 0 Å². The number of likely N-dealkylation sites (tertiary alicyclic amines) is 1. The van der Waals surface area contributed by atoms with E-state index in [1.807, 2.05) is 81.4 Å². The third-order valence-electron chi connectivity index (χ3n) is 7.27. The minimum atomic E-state index is -0.622. The Morgan fingerprint density at radius 1 is 1.00 bits per heavy atom. The number of benzene rings is 2. The first kappa shape index (κ1) is 29.7. The van der Waals surface area contributed by atoms with Crippen LogP contribution < -0.4 is 11.1 Å². The lowest BCUT2D eigenvalue weighted by atomic mass is 9.89. The van der Waals surface area contributed by atoms with Gasteiger partial charge < -0.3 is 20.5 Å². The summed E-state index contributed by atoms with van der Waals surface area (Å²) in [5, 5.41) is 3.06. The van der Waals surface area contributed by atoms with Crippen LogP contribution in [0.1, 0.15) is 71.4 Å². The summed E-state index contributed by atoms with van der Waals surface area (Å²) in [6.45, 7) is 10.7. The molecule has 1 aliphatic rings. The second kappa shape index (κ2) is 13.8. The number of carbonyl (C=O) groups excluding carboxylic acids is 2. The lowest BCUT2D eigenvalue weighted by Gasteiger charge is -2.36. The van der Waals surface area contributed by atoms with Gasteiger partial charge in [0.25, 0.3) is 0 Å². The number of hydrogen-bond donors (Lipinski definition) is 2. The molecule has 3 rings (SSSR count). The van der Waals surface area contributed by atoms with Crippen LogP contribution in [-0.2, 0) is 27.4 Å². The van der Waals surface area contributed by atoms with Crippen molar-refractivity contribution in [1.29, 1.82) is 0 Å². The van der Waals surface area contributed by atoms with Crippen molar-refractivity contribution < 1.29 is 19.1 Å². The molecule has 0 saturated carbocycles. The lowest BCUT2D eigenvalue weighted by molar-refractivity contribution is -0.161. The highest BCUT2D eigenvalue weighted by atomic mass is 16.6. The molecule has 4 atom stereocenters. The molecule has 2 aromatic carbocycles. The van der Waals surface area contributed by atoms with E-state index < -0.39 is 17.7 Å². The van der Waals surface area contributed by atoms with E-state index in [9.17, 15) is 9.59 Å². The van der Waals surface area contributed by atoms with Crippen LogP contribution >= 0.6 is 0 Å². The largest absolute Gasteiger partial charge is 0.459 e. The highest BCUT2D eigenvalue weighted by molar-refractivity contribution is 5.77. The normalized spacial score (nSPS) is 20.8. The summed E-state index contributed by atoms with van der Waals surface area (Å²) in [5.41, 5.74) is 8.28. The van der Waals surface area contributed by atoms with E-state index in [1.54, 1.807) is 0 Å². The van der Waals surface area contributed by atoms with Gasteiger partial charge in [-0.2, -0.15) is 0 Å². The number of esters is 1. The van der Waals surface area contributed by atoms with E-state index in [1.165, 1.54) is 0 Å². The molecule has 38 heavy (non-hydrogen) atoms. The van der Waals surface area contributed by atoms with E-state index in [0.29, 0.717) is 18.9 Å². The van der Waals surface area contributed by atoms with Crippen molar-refractivity contribution in [3.63, 3.8) is 0 Å². The summed E-state index contributed by atoms with van der Waals surface area (Å²) in [5.74, 6) is 0.171. The maximum absolute atomic E-state index is 13.5. The number of nitrogens with one attached hydrogen (secondary N) is 1. The predicted molar refractivity (Wildman–Crippen MR) is 150 cm³/mol. The zero-order chi connectivity index (χ0) is 27.7. The van der Waals surface area contributed by atoms with Crippen LogP contribution in [0.25, 0.3) is 0 Å². The number of hydrogen-bond acceptors (Lipinski definition) is 6. The Morgan fingerprint density at radius 3 is 2.13 bits per heavy atom. The second-order valence-corrected chi connectivity index (χ2v) is 11.3. The van der Waals surface area contributed by atoms with Gasteiger partial charge in [-0.3, -0.25) is 9.69 Å². The summed E-state index contributed by atoms with van der Waals surface area (Å²) < 4.78 is 11.4. The van der Waals surface area contributed by atoms with Crippen molar-refractivity contribution in [1.82, 2.24) is 10.2 Å². The van der Waals surface area contributed by atoms with E-state index in [0.717, 1.165) is 30.4 Å². The smallest absolute Gasteiger partial charge is 0.407 e. The van der Waals surface area contributed by atoms with Gasteiger partial charge >= 0.3 is 12.1 Å². The number of amides is 1. The van der Waals surface area contributed by atoms with Crippen LogP contribution in [0.5, 0.6) is 0 Å². The van der Waals surface area contributed by atoms with Crippen LogP contribution in [-0.4, -0.2) is 46.7 Å². The Bertz CT molecular complexity index is 1000. The molecule has 0 aliphatic carbocycles. The minimum Gasteiger partial charge on any atom is -0.459 e. The molecule has 1 heterocycles. The maximum Gasteiger partial charge on any atom is 0.407 e. The predicted octanol–water partition coefficient (Wildman–Crippen LogP) is 5.42. The summed E-state index contributed by atoms with van der Waals surface area (Å²) in [6.07, 6.45) is 2.76. The molecule has 1 fully saturated rings. The van der Waals surface area contributed by atoms with Crippen LogP contribution in [0, 0.1) is 5.92 Å². The molecule has 2 aromatic rings. The molecular formula is C31H45N3O4. The van der Waals surface area contributed by atoms with Gasteiger partial charge in [-0.15, -0.1) is 0 Å². The fourth-order valence-electron chi connectivity index (χ4n) is 5.32.